The number of para-hydroxylation sites is 1. The van der Waals surface area contributed by atoms with Gasteiger partial charge in [-0.05, 0) is 30.9 Å². The molecule has 0 amide bonds. The molecule has 1 N–H and O–H groups in total. The van der Waals surface area contributed by atoms with Gasteiger partial charge in [0, 0.05) is 30.9 Å². The number of nitrogens with one attached hydrogen (secondary N) is 1. The van der Waals surface area contributed by atoms with Crippen LogP contribution >= 0.6 is 0 Å². The Morgan fingerprint density at radius 1 is 1.28 bits per heavy atom. The first-order valence-corrected chi connectivity index (χ1v) is 7.16. The summed E-state index contributed by atoms with van der Waals surface area (Å²) >= 11 is 0. The molecule has 1 aromatic carbocycles. The Morgan fingerprint density at radius 3 is 2.61 bits per heavy atom. The molecule has 0 aromatic heterocycles. The zero-order valence-electron chi connectivity index (χ0n) is 12.1. The fourth-order valence-electron chi connectivity index (χ4n) is 2.89. The minimum Gasteiger partial charge on any atom is -0.368 e. The summed E-state index contributed by atoms with van der Waals surface area (Å²) in [7, 11) is 0. The third-order valence-electron chi connectivity index (χ3n) is 3.79. The van der Waals surface area contributed by atoms with E-state index < -0.39 is 0 Å². The molecule has 2 unspecified atom stereocenters. The molecular formula is C16H26N2. The van der Waals surface area contributed by atoms with Gasteiger partial charge in [-0.3, -0.25) is 0 Å². The molecule has 1 aliphatic rings. The minimum absolute atomic E-state index is 0.535. The second kappa shape index (κ2) is 5.75. The van der Waals surface area contributed by atoms with Gasteiger partial charge < -0.3 is 10.2 Å². The van der Waals surface area contributed by atoms with Crippen LogP contribution in [-0.4, -0.2) is 18.6 Å². The second-order valence-electron chi connectivity index (χ2n) is 6.01. The van der Waals surface area contributed by atoms with Crippen molar-refractivity contribution in [2.75, 3.05) is 11.4 Å². The maximum Gasteiger partial charge on any atom is 0.0414 e. The highest BCUT2D eigenvalue weighted by atomic mass is 15.2. The SMILES string of the molecule is CC1CC(C)N(c2ccccc2CNC(C)C)C1. The van der Waals surface area contributed by atoms with Crippen molar-refractivity contribution in [3.63, 3.8) is 0 Å². The monoisotopic (exact) mass is 246 g/mol. The minimum atomic E-state index is 0.535. The molecular weight excluding hydrogens is 220 g/mol. The molecule has 0 bridgehead atoms. The van der Waals surface area contributed by atoms with E-state index in [1.807, 2.05) is 0 Å². The first kappa shape index (κ1) is 13.4. The van der Waals surface area contributed by atoms with Gasteiger partial charge in [-0.15, -0.1) is 0 Å². The Hall–Kier alpha value is -1.02. The zero-order valence-corrected chi connectivity index (χ0v) is 12.1. The first-order chi connectivity index (χ1) is 8.58. The van der Waals surface area contributed by atoms with Crippen LogP contribution in [0, 0.1) is 5.92 Å². The van der Waals surface area contributed by atoms with Crippen molar-refractivity contribution in [1.29, 1.82) is 0 Å². The van der Waals surface area contributed by atoms with E-state index in [9.17, 15) is 0 Å². The third-order valence-corrected chi connectivity index (χ3v) is 3.79. The highest BCUT2D eigenvalue weighted by Gasteiger charge is 2.27. The van der Waals surface area contributed by atoms with Crippen LogP contribution in [0.1, 0.15) is 39.7 Å². The van der Waals surface area contributed by atoms with Crippen LogP contribution < -0.4 is 10.2 Å². The number of hydrogen-bond donors (Lipinski definition) is 1. The van der Waals surface area contributed by atoms with E-state index >= 15 is 0 Å². The van der Waals surface area contributed by atoms with Crippen molar-refractivity contribution in [3.05, 3.63) is 29.8 Å². The van der Waals surface area contributed by atoms with Crippen LogP contribution in [0.3, 0.4) is 0 Å². The van der Waals surface area contributed by atoms with Crippen LogP contribution in [0.15, 0.2) is 24.3 Å². The lowest BCUT2D eigenvalue weighted by molar-refractivity contribution is 0.587. The Bertz CT molecular complexity index is 386. The summed E-state index contributed by atoms with van der Waals surface area (Å²) in [6.45, 7) is 11.2. The predicted molar refractivity (Wildman–Crippen MR) is 79.0 cm³/mol. The lowest BCUT2D eigenvalue weighted by Gasteiger charge is -2.27. The smallest absolute Gasteiger partial charge is 0.0414 e. The molecule has 1 fully saturated rings. The van der Waals surface area contributed by atoms with Gasteiger partial charge in [0.1, 0.15) is 0 Å². The van der Waals surface area contributed by atoms with E-state index in [1.54, 1.807) is 0 Å². The van der Waals surface area contributed by atoms with Crippen LogP contribution in [0.5, 0.6) is 0 Å². The van der Waals surface area contributed by atoms with E-state index in [0.29, 0.717) is 12.1 Å². The first-order valence-electron chi connectivity index (χ1n) is 7.16. The van der Waals surface area contributed by atoms with Gasteiger partial charge in [0.25, 0.3) is 0 Å². The number of benzene rings is 1. The molecule has 0 saturated carbocycles. The topological polar surface area (TPSA) is 15.3 Å². The molecule has 2 rings (SSSR count). The van der Waals surface area contributed by atoms with Crippen molar-refractivity contribution in [2.45, 2.75) is 52.7 Å². The Labute approximate surface area is 111 Å². The largest absolute Gasteiger partial charge is 0.368 e. The van der Waals surface area contributed by atoms with Crippen molar-refractivity contribution in [3.8, 4) is 0 Å². The molecule has 18 heavy (non-hydrogen) atoms. The molecule has 0 radical (unpaired) electrons. The van der Waals surface area contributed by atoms with Crippen molar-refractivity contribution < 1.29 is 0 Å². The Morgan fingerprint density at radius 2 is 2.00 bits per heavy atom. The average Bonchev–Trinajstić information content (AvgIpc) is 2.66. The maximum atomic E-state index is 3.53. The molecule has 1 aliphatic heterocycles. The van der Waals surface area contributed by atoms with Gasteiger partial charge in [-0.2, -0.15) is 0 Å². The van der Waals surface area contributed by atoms with Gasteiger partial charge in [-0.1, -0.05) is 39.0 Å². The fraction of sp³-hybridized carbons (Fsp3) is 0.625. The van der Waals surface area contributed by atoms with Crippen LogP contribution in [-0.2, 0) is 6.54 Å². The van der Waals surface area contributed by atoms with E-state index in [4.69, 9.17) is 0 Å². The molecule has 2 atom stereocenters. The highest BCUT2D eigenvalue weighted by Crippen LogP contribution is 2.31. The van der Waals surface area contributed by atoms with E-state index in [0.717, 1.165) is 12.5 Å². The summed E-state index contributed by atoms with van der Waals surface area (Å²) in [5.74, 6) is 0.811. The number of anilines is 1. The van der Waals surface area contributed by atoms with E-state index in [-0.39, 0.29) is 0 Å². The fourth-order valence-corrected chi connectivity index (χ4v) is 2.89. The Kier molecular flexibility index (Phi) is 4.28. The highest BCUT2D eigenvalue weighted by molar-refractivity contribution is 5.55. The predicted octanol–water partition coefficient (Wildman–Crippen LogP) is 3.42. The normalized spacial score (nSPS) is 23.9. The average molecular weight is 246 g/mol. The quantitative estimate of drug-likeness (QED) is 0.875. The van der Waals surface area contributed by atoms with Gasteiger partial charge in [0.05, 0.1) is 0 Å². The standard InChI is InChI=1S/C16H26N2/c1-12(2)17-10-15-7-5-6-8-16(15)18-11-13(3)9-14(18)4/h5-8,12-14,17H,9-11H2,1-4H3. The molecule has 1 heterocycles. The van der Waals surface area contributed by atoms with Crippen LogP contribution in [0.25, 0.3) is 0 Å². The maximum absolute atomic E-state index is 3.53. The van der Waals surface area contributed by atoms with Crippen LogP contribution in [0.4, 0.5) is 5.69 Å². The van der Waals surface area contributed by atoms with E-state index in [2.05, 4.69) is 62.2 Å². The van der Waals surface area contributed by atoms with Gasteiger partial charge in [0.15, 0.2) is 0 Å². The van der Waals surface area contributed by atoms with Gasteiger partial charge in [-0.25, -0.2) is 0 Å². The van der Waals surface area contributed by atoms with E-state index in [1.165, 1.54) is 24.2 Å². The summed E-state index contributed by atoms with van der Waals surface area (Å²) in [4.78, 5) is 2.57. The molecule has 0 spiro atoms. The number of nitrogens with zero attached hydrogens (tertiary/aromatic N) is 1. The molecule has 2 nitrogen and oxygen atoms in total. The molecule has 0 aliphatic carbocycles. The van der Waals surface area contributed by atoms with Crippen LogP contribution in [0.2, 0.25) is 0 Å². The van der Waals surface area contributed by atoms with Gasteiger partial charge >= 0.3 is 0 Å². The van der Waals surface area contributed by atoms with Crippen molar-refractivity contribution in [1.82, 2.24) is 5.32 Å². The molecule has 1 aromatic rings. The summed E-state index contributed by atoms with van der Waals surface area (Å²) in [5.41, 5.74) is 2.84. The van der Waals surface area contributed by atoms with Gasteiger partial charge in [0.2, 0.25) is 0 Å². The number of rotatable bonds is 4. The third kappa shape index (κ3) is 3.05. The lowest BCUT2D eigenvalue weighted by Crippen LogP contribution is -2.29. The van der Waals surface area contributed by atoms with Crippen molar-refractivity contribution in [2.24, 2.45) is 5.92 Å². The molecule has 2 heteroatoms. The zero-order chi connectivity index (χ0) is 13.1. The molecule has 100 valence electrons. The summed E-state index contributed by atoms with van der Waals surface area (Å²) in [5, 5.41) is 3.53. The lowest BCUT2D eigenvalue weighted by atomic mass is 10.1. The summed E-state index contributed by atoms with van der Waals surface area (Å²) in [6, 6.07) is 10.0. The molecule has 1 saturated heterocycles. The summed E-state index contributed by atoms with van der Waals surface area (Å²) in [6.07, 6.45) is 1.31. The number of hydrogen-bond acceptors (Lipinski definition) is 2. The second-order valence-corrected chi connectivity index (χ2v) is 6.01. The van der Waals surface area contributed by atoms with Crippen molar-refractivity contribution >= 4 is 5.69 Å². The summed E-state index contributed by atoms with van der Waals surface area (Å²) < 4.78 is 0. The Balaban J connectivity index is 2.16.